The van der Waals surface area contributed by atoms with Crippen LogP contribution in [0.2, 0.25) is 0 Å². The minimum atomic E-state index is -0.301. The van der Waals surface area contributed by atoms with Crippen molar-refractivity contribution in [3.05, 3.63) is 24.3 Å². The molecule has 1 aliphatic carbocycles. The van der Waals surface area contributed by atoms with E-state index in [0.717, 1.165) is 24.9 Å². The van der Waals surface area contributed by atoms with Crippen molar-refractivity contribution >= 4 is 11.8 Å². The topological polar surface area (TPSA) is 49.8 Å². The Labute approximate surface area is 93.4 Å². The summed E-state index contributed by atoms with van der Waals surface area (Å²) >= 11 is 0. The largest absolute Gasteiger partial charge is 0.508 e. The van der Waals surface area contributed by atoms with Crippen LogP contribution in [0.25, 0.3) is 0 Å². The molecule has 0 atom stereocenters. The minimum absolute atomic E-state index is 0.148. The number of amides is 1. The highest BCUT2D eigenvalue weighted by molar-refractivity contribution is 5.92. The maximum atomic E-state index is 11.7. The second-order valence-electron chi connectivity index (χ2n) is 4.49. The molecule has 0 radical (unpaired) electrons. The van der Waals surface area contributed by atoms with Gasteiger partial charge in [0.05, 0.1) is 11.2 Å². The molecule has 1 aromatic rings. The van der Waals surface area contributed by atoms with Crippen molar-refractivity contribution in [3.63, 3.8) is 0 Å². The zero-order chi connectivity index (χ0) is 11.2. The Bertz CT molecular complexity index is 440. The predicted molar refractivity (Wildman–Crippen MR) is 58.5 cm³/mol. The van der Waals surface area contributed by atoms with Crippen LogP contribution in [0.15, 0.2) is 24.3 Å². The summed E-state index contributed by atoms with van der Waals surface area (Å²) in [6.45, 7) is 0.474. The number of aromatic hydroxyl groups is 1. The summed E-state index contributed by atoms with van der Waals surface area (Å²) in [7, 11) is 0. The fraction of sp³-hybridized carbons (Fsp3) is 0.417. The Hall–Kier alpha value is -1.71. The second-order valence-corrected chi connectivity index (χ2v) is 4.49. The normalized spacial score (nSPS) is 22.0. The summed E-state index contributed by atoms with van der Waals surface area (Å²) < 4.78 is 5.12. The fourth-order valence-corrected chi connectivity index (χ4v) is 2.48. The van der Waals surface area contributed by atoms with Crippen molar-refractivity contribution in [2.45, 2.75) is 24.8 Å². The van der Waals surface area contributed by atoms with Crippen molar-refractivity contribution in [3.8, 4) is 5.75 Å². The van der Waals surface area contributed by atoms with Crippen LogP contribution in [0.4, 0.5) is 10.5 Å². The second kappa shape index (κ2) is 3.14. The molecule has 1 saturated carbocycles. The Balaban J connectivity index is 2.01. The first-order valence-corrected chi connectivity index (χ1v) is 5.47. The number of benzene rings is 1. The van der Waals surface area contributed by atoms with Gasteiger partial charge in [-0.25, -0.2) is 4.79 Å². The average molecular weight is 219 g/mol. The zero-order valence-electron chi connectivity index (χ0n) is 8.85. The van der Waals surface area contributed by atoms with E-state index in [0.29, 0.717) is 6.61 Å². The number of hydrogen-bond acceptors (Lipinski definition) is 3. The quantitative estimate of drug-likeness (QED) is 0.788. The van der Waals surface area contributed by atoms with E-state index in [9.17, 15) is 9.90 Å². The first-order chi connectivity index (χ1) is 7.71. The third-order valence-corrected chi connectivity index (χ3v) is 3.49. The standard InChI is InChI=1S/C12H13NO3/c14-10-4-1-3-9(7-10)13-11(15)16-8-12(13)5-2-6-12/h1,3-4,7,14H,2,5-6,8H2. The van der Waals surface area contributed by atoms with Crippen LogP contribution in [0.5, 0.6) is 5.75 Å². The molecular weight excluding hydrogens is 206 g/mol. The molecule has 0 aromatic heterocycles. The van der Waals surface area contributed by atoms with Gasteiger partial charge in [-0.2, -0.15) is 0 Å². The van der Waals surface area contributed by atoms with Crippen molar-refractivity contribution < 1.29 is 14.6 Å². The van der Waals surface area contributed by atoms with E-state index in [-0.39, 0.29) is 17.4 Å². The molecule has 1 spiro atoms. The number of hydrogen-bond donors (Lipinski definition) is 1. The summed E-state index contributed by atoms with van der Waals surface area (Å²) in [5, 5.41) is 9.44. The molecule has 2 fully saturated rings. The van der Waals surface area contributed by atoms with Crippen LogP contribution in [0.1, 0.15) is 19.3 Å². The summed E-state index contributed by atoms with van der Waals surface area (Å²) in [4.78, 5) is 13.4. The number of anilines is 1. The molecule has 0 bridgehead atoms. The van der Waals surface area contributed by atoms with E-state index >= 15 is 0 Å². The van der Waals surface area contributed by atoms with Gasteiger partial charge in [0.25, 0.3) is 0 Å². The van der Waals surface area contributed by atoms with E-state index in [2.05, 4.69) is 0 Å². The molecule has 4 heteroatoms. The van der Waals surface area contributed by atoms with Gasteiger partial charge >= 0.3 is 6.09 Å². The lowest BCUT2D eigenvalue weighted by atomic mass is 9.76. The van der Waals surface area contributed by atoms with E-state index in [1.54, 1.807) is 23.1 Å². The smallest absolute Gasteiger partial charge is 0.415 e. The molecule has 2 aliphatic rings. The van der Waals surface area contributed by atoms with Gasteiger partial charge in [0.1, 0.15) is 12.4 Å². The number of nitrogens with zero attached hydrogens (tertiary/aromatic N) is 1. The van der Waals surface area contributed by atoms with Crippen LogP contribution in [-0.4, -0.2) is 23.3 Å². The minimum Gasteiger partial charge on any atom is -0.508 e. The maximum absolute atomic E-state index is 11.7. The molecule has 1 aromatic carbocycles. The molecule has 3 rings (SSSR count). The molecule has 1 saturated heterocycles. The summed E-state index contributed by atoms with van der Waals surface area (Å²) in [6.07, 6.45) is 2.79. The molecule has 84 valence electrons. The van der Waals surface area contributed by atoms with Crippen molar-refractivity contribution in [2.75, 3.05) is 11.5 Å². The van der Waals surface area contributed by atoms with E-state index < -0.39 is 0 Å². The zero-order valence-corrected chi connectivity index (χ0v) is 8.85. The van der Waals surface area contributed by atoms with Gasteiger partial charge in [-0.15, -0.1) is 0 Å². The lowest BCUT2D eigenvalue weighted by Crippen LogP contribution is -2.52. The molecule has 1 heterocycles. The summed E-state index contributed by atoms with van der Waals surface area (Å²) in [6, 6.07) is 6.76. The van der Waals surface area contributed by atoms with Gasteiger partial charge in [0.15, 0.2) is 0 Å². The SMILES string of the molecule is O=C1OCC2(CCC2)N1c1cccc(O)c1. The van der Waals surface area contributed by atoms with Crippen molar-refractivity contribution in [2.24, 2.45) is 0 Å². The van der Waals surface area contributed by atoms with Gasteiger partial charge in [0.2, 0.25) is 0 Å². The van der Waals surface area contributed by atoms with E-state index in [4.69, 9.17) is 4.74 Å². The van der Waals surface area contributed by atoms with Gasteiger partial charge < -0.3 is 9.84 Å². The van der Waals surface area contributed by atoms with E-state index in [1.807, 2.05) is 6.07 Å². The van der Waals surface area contributed by atoms with Crippen LogP contribution < -0.4 is 4.90 Å². The van der Waals surface area contributed by atoms with Crippen LogP contribution in [-0.2, 0) is 4.74 Å². The Kier molecular flexibility index (Phi) is 1.87. The molecule has 0 unspecified atom stereocenters. The van der Waals surface area contributed by atoms with Crippen LogP contribution in [0.3, 0.4) is 0 Å². The molecule has 1 N–H and O–H groups in total. The third kappa shape index (κ3) is 1.19. The molecule has 16 heavy (non-hydrogen) atoms. The fourth-order valence-electron chi connectivity index (χ4n) is 2.48. The molecular formula is C12H13NO3. The maximum Gasteiger partial charge on any atom is 0.415 e. The first kappa shape index (κ1) is 9.51. The number of rotatable bonds is 1. The lowest BCUT2D eigenvalue weighted by molar-refractivity contribution is 0.154. The number of carbonyl (C=O) groups is 1. The van der Waals surface area contributed by atoms with Crippen molar-refractivity contribution in [1.29, 1.82) is 0 Å². The molecule has 1 aliphatic heterocycles. The number of cyclic esters (lactones) is 1. The Morgan fingerprint density at radius 3 is 2.81 bits per heavy atom. The van der Waals surface area contributed by atoms with Crippen molar-refractivity contribution in [1.82, 2.24) is 0 Å². The van der Waals surface area contributed by atoms with Crippen LogP contribution in [0, 0.1) is 0 Å². The molecule has 4 nitrogen and oxygen atoms in total. The predicted octanol–water partition coefficient (Wildman–Crippen LogP) is 2.27. The van der Waals surface area contributed by atoms with Gasteiger partial charge in [-0.1, -0.05) is 6.07 Å². The number of carbonyl (C=O) groups excluding carboxylic acids is 1. The highest BCUT2D eigenvalue weighted by Gasteiger charge is 2.52. The lowest BCUT2D eigenvalue weighted by Gasteiger charge is -2.42. The first-order valence-electron chi connectivity index (χ1n) is 5.47. The average Bonchev–Trinajstić information content (AvgIpc) is 2.55. The Morgan fingerprint density at radius 2 is 2.19 bits per heavy atom. The number of phenolic OH excluding ortho intramolecular Hbond substituents is 1. The Morgan fingerprint density at radius 1 is 1.38 bits per heavy atom. The third-order valence-electron chi connectivity index (χ3n) is 3.49. The summed E-state index contributed by atoms with van der Waals surface area (Å²) in [5.74, 6) is 0.173. The van der Waals surface area contributed by atoms with Gasteiger partial charge in [-0.3, -0.25) is 4.90 Å². The monoisotopic (exact) mass is 219 g/mol. The molecule has 1 amide bonds. The highest BCUT2D eigenvalue weighted by atomic mass is 16.6. The summed E-state index contributed by atoms with van der Waals surface area (Å²) in [5.41, 5.74) is 0.576. The highest BCUT2D eigenvalue weighted by Crippen LogP contribution is 2.44. The number of phenols is 1. The number of ether oxygens (including phenoxy) is 1. The van der Waals surface area contributed by atoms with Gasteiger partial charge in [-0.05, 0) is 31.4 Å². The van der Waals surface area contributed by atoms with Crippen LogP contribution >= 0.6 is 0 Å². The van der Waals surface area contributed by atoms with E-state index in [1.165, 1.54) is 0 Å². The van der Waals surface area contributed by atoms with Gasteiger partial charge in [0, 0.05) is 6.07 Å².